The van der Waals surface area contributed by atoms with Crippen molar-refractivity contribution in [2.75, 3.05) is 0 Å². The second-order valence-electron chi connectivity index (χ2n) is 3.54. The first kappa shape index (κ1) is 15.7. The van der Waals surface area contributed by atoms with Gasteiger partial charge in [-0.05, 0) is 31.0 Å². The van der Waals surface area contributed by atoms with Gasteiger partial charge in [0.1, 0.15) is 0 Å². The summed E-state index contributed by atoms with van der Waals surface area (Å²) in [6.45, 7) is 9.02. The molecule has 0 aliphatic heterocycles. The van der Waals surface area contributed by atoms with Crippen LogP contribution in [0.15, 0.2) is 28.7 Å². The van der Waals surface area contributed by atoms with Crippen LogP contribution in [0.25, 0.3) is 0 Å². The van der Waals surface area contributed by atoms with Gasteiger partial charge in [0, 0.05) is 4.47 Å². The molecule has 0 aromatic heterocycles. The van der Waals surface area contributed by atoms with Gasteiger partial charge in [0.05, 0.1) is 12.7 Å². The maximum atomic E-state index is 5.69. The summed E-state index contributed by atoms with van der Waals surface area (Å²) < 4.78 is 6.81. The van der Waals surface area contributed by atoms with Crippen LogP contribution in [0, 0.1) is 0 Å². The molecule has 0 heterocycles. The molecule has 1 rings (SSSR count). The van der Waals surface area contributed by atoms with Crippen molar-refractivity contribution >= 4 is 15.9 Å². The Bertz CT molecular complexity index is 256. The van der Waals surface area contributed by atoms with Gasteiger partial charge in [-0.25, -0.2) is 0 Å². The Labute approximate surface area is 108 Å². The van der Waals surface area contributed by atoms with Gasteiger partial charge in [-0.3, -0.25) is 0 Å². The third kappa shape index (κ3) is 7.02. The van der Waals surface area contributed by atoms with Crippen LogP contribution in [0.2, 0.25) is 0 Å². The van der Waals surface area contributed by atoms with Crippen molar-refractivity contribution in [3.63, 3.8) is 0 Å². The summed E-state index contributed by atoms with van der Waals surface area (Å²) in [5.41, 5.74) is 1.23. The molecule has 1 atom stereocenters. The molecule has 1 unspecified atom stereocenters. The van der Waals surface area contributed by atoms with E-state index in [0.717, 1.165) is 10.9 Å². The van der Waals surface area contributed by atoms with Crippen molar-refractivity contribution in [1.82, 2.24) is 0 Å². The van der Waals surface area contributed by atoms with Gasteiger partial charge in [-0.2, -0.15) is 0 Å². The summed E-state index contributed by atoms with van der Waals surface area (Å²) in [5.74, 6) is 0. The Morgan fingerprint density at radius 1 is 1.19 bits per heavy atom. The fourth-order valence-electron chi connectivity index (χ4n) is 1.31. The molecule has 92 valence electrons. The zero-order chi connectivity index (χ0) is 12.4. The normalized spacial score (nSPS) is 11.6. The Balaban J connectivity index is 0.00000106. The number of benzene rings is 1. The molecule has 0 bridgehead atoms. The molecular formula is C14H23BrO. The minimum Gasteiger partial charge on any atom is -0.374 e. The average Bonchev–Trinajstić information content (AvgIpc) is 2.31. The molecule has 0 radical (unpaired) electrons. The van der Waals surface area contributed by atoms with E-state index in [-0.39, 0.29) is 0 Å². The van der Waals surface area contributed by atoms with Crippen LogP contribution in [-0.4, -0.2) is 6.10 Å². The lowest BCUT2D eigenvalue weighted by Gasteiger charge is -2.11. The summed E-state index contributed by atoms with van der Waals surface area (Å²) in [6, 6.07) is 8.26. The third-order valence-electron chi connectivity index (χ3n) is 2.14. The van der Waals surface area contributed by atoms with E-state index in [1.165, 1.54) is 12.0 Å². The highest BCUT2D eigenvalue weighted by molar-refractivity contribution is 9.10. The molecule has 0 fully saturated rings. The highest BCUT2D eigenvalue weighted by Gasteiger charge is 2.00. The van der Waals surface area contributed by atoms with Crippen molar-refractivity contribution in [2.24, 2.45) is 0 Å². The van der Waals surface area contributed by atoms with Gasteiger partial charge >= 0.3 is 0 Å². The smallest absolute Gasteiger partial charge is 0.0720 e. The van der Waals surface area contributed by atoms with Crippen LogP contribution in [0.4, 0.5) is 0 Å². The molecule has 0 aliphatic carbocycles. The molecule has 0 aliphatic rings. The predicted octanol–water partition coefficient (Wildman–Crippen LogP) is 5.18. The van der Waals surface area contributed by atoms with Crippen LogP contribution in [0.5, 0.6) is 0 Å². The molecule has 0 amide bonds. The number of halogens is 1. The Kier molecular flexibility index (Phi) is 9.65. The first-order valence-corrected chi connectivity index (χ1v) is 6.87. The molecule has 1 aromatic rings. The first-order chi connectivity index (χ1) is 7.72. The Hall–Kier alpha value is -0.340. The van der Waals surface area contributed by atoms with E-state index in [0.29, 0.717) is 12.7 Å². The monoisotopic (exact) mass is 286 g/mol. The van der Waals surface area contributed by atoms with E-state index in [9.17, 15) is 0 Å². The number of hydrogen-bond acceptors (Lipinski definition) is 1. The van der Waals surface area contributed by atoms with Crippen molar-refractivity contribution in [3.05, 3.63) is 34.3 Å². The van der Waals surface area contributed by atoms with Crippen LogP contribution >= 0.6 is 15.9 Å². The Morgan fingerprint density at radius 2 is 1.75 bits per heavy atom. The summed E-state index contributed by atoms with van der Waals surface area (Å²) in [6.07, 6.45) is 2.68. The fraction of sp³-hybridized carbons (Fsp3) is 0.571. The van der Waals surface area contributed by atoms with Gasteiger partial charge in [0.15, 0.2) is 0 Å². The maximum absolute atomic E-state index is 5.69. The molecule has 2 heteroatoms. The lowest BCUT2D eigenvalue weighted by atomic mass is 10.2. The van der Waals surface area contributed by atoms with Gasteiger partial charge in [-0.15, -0.1) is 0 Å². The van der Waals surface area contributed by atoms with Crippen molar-refractivity contribution in [3.8, 4) is 0 Å². The van der Waals surface area contributed by atoms with E-state index in [2.05, 4.69) is 41.9 Å². The predicted molar refractivity (Wildman–Crippen MR) is 74.6 cm³/mol. The lowest BCUT2D eigenvalue weighted by Crippen LogP contribution is -2.07. The standard InChI is InChI=1S/C12H17BrO.C2H6/c1-3-4-10(2)14-9-11-5-7-12(13)8-6-11;1-2/h5-8,10H,3-4,9H2,1-2H3;1-2H3. The highest BCUT2D eigenvalue weighted by atomic mass is 79.9. The van der Waals surface area contributed by atoms with Crippen LogP contribution in [-0.2, 0) is 11.3 Å². The summed E-state index contributed by atoms with van der Waals surface area (Å²) in [5, 5.41) is 0. The average molecular weight is 287 g/mol. The third-order valence-corrected chi connectivity index (χ3v) is 2.67. The molecule has 1 nitrogen and oxygen atoms in total. The van der Waals surface area contributed by atoms with Gasteiger partial charge in [0.25, 0.3) is 0 Å². The van der Waals surface area contributed by atoms with E-state index < -0.39 is 0 Å². The topological polar surface area (TPSA) is 9.23 Å². The largest absolute Gasteiger partial charge is 0.374 e. The van der Waals surface area contributed by atoms with Crippen LogP contribution < -0.4 is 0 Å². The number of hydrogen-bond donors (Lipinski definition) is 0. The molecule has 0 saturated heterocycles. The quantitative estimate of drug-likeness (QED) is 0.725. The molecule has 0 N–H and O–H groups in total. The number of rotatable bonds is 5. The van der Waals surface area contributed by atoms with E-state index in [4.69, 9.17) is 4.74 Å². The number of ether oxygens (including phenoxy) is 1. The second kappa shape index (κ2) is 9.86. The minimum atomic E-state index is 0.364. The van der Waals surface area contributed by atoms with E-state index in [1.807, 2.05) is 26.0 Å². The maximum Gasteiger partial charge on any atom is 0.0720 e. The molecule has 16 heavy (non-hydrogen) atoms. The van der Waals surface area contributed by atoms with E-state index in [1.54, 1.807) is 0 Å². The fourth-order valence-corrected chi connectivity index (χ4v) is 1.57. The van der Waals surface area contributed by atoms with Crippen molar-refractivity contribution in [1.29, 1.82) is 0 Å². The van der Waals surface area contributed by atoms with Gasteiger partial charge in [0.2, 0.25) is 0 Å². The molecular weight excluding hydrogens is 264 g/mol. The van der Waals surface area contributed by atoms with Crippen molar-refractivity contribution in [2.45, 2.75) is 53.2 Å². The zero-order valence-corrected chi connectivity index (χ0v) is 12.4. The Morgan fingerprint density at radius 3 is 2.25 bits per heavy atom. The first-order valence-electron chi connectivity index (χ1n) is 6.08. The second-order valence-corrected chi connectivity index (χ2v) is 4.45. The van der Waals surface area contributed by atoms with Crippen LogP contribution in [0.1, 0.15) is 46.1 Å². The van der Waals surface area contributed by atoms with Gasteiger partial charge in [-0.1, -0.05) is 55.3 Å². The molecule has 1 aromatic carbocycles. The zero-order valence-electron chi connectivity index (χ0n) is 10.8. The van der Waals surface area contributed by atoms with Gasteiger partial charge < -0.3 is 4.74 Å². The van der Waals surface area contributed by atoms with Crippen LogP contribution in [0.3, 0.4) is 0 Å². The SMILES string of the molecule is CC.CCCC(C)OCc1ccc(Br)cc1. The minimum absolute atomic E-state index is 0.364. The highest BCUT2D eigenvalue weighted by Crippen LogP contribution is 2.12. The summed E-state index contributed by atoms with van der Waals surface area (Å²) in [4.78, 5) is 0. The van der Waals surface area contributed by atoms with E-state index >= 15 is 0 Å². The van der Waals surface area contributed by atoms with Crippen molar-refractivity contribution < 1.29 is 4.74 Å². The molecule has 0 spiro atoms. The molecule has 0 saturated carbocycles. The summed E-state index contributed by atoms with van der Waals surface area (Å²) in [7, 11) is 0. The summed E-state index contributed by atoms with van der Waals surface area (Å²) >= 11 is 3.41. The lowest BCUT2D eigenvalue weighted by molar-refractivity contribution is 0.0472.